The van der Waals surface area contributed by atoms with Gasteiger partial charge in [-0.3, -0.25) is 4.79 Å². The van der Waals surface area contributed by atoms with Crippen molar-refractivity contribution in [3.05, 3.63) is 0 Å². The van der Waals surface area contributed by atoms with Crippen LogP contribution in [-0.2, 0) is 4.79 Å². The first-order valence-corrected chi connectivity index (χ1v) is 7.05. The average Bonchev–Trinajstić information content (AvgIpc) is 2.29. The normalized spacial score (nSPS) is 29.1. The first-order chi connectivity index (χ1) is 8.07. The summed E-state index contributed by atoms with van der Waals surface area (Å²) >= 11 is 0. The maximum atomic E-state index is 12.3. The van der Waals surface area contributed by atoms with E-state index in [1.54, 1.807) is 0 Å². The second-order valence-electron chi connectivity index (χ2n) is 6.50. The van der Waals surface area contributed by atoms with Crippen LogP contribution in [0.2, 0.25) is 0 Å². The molecule has 2 heterocycles. The Morgan fingerprint density at radius 1 is 1.41 bits per heavy atom. The Labute approximate surface area is 105 Å². The molecule has 0 aromatic heterocycles. The average molecular weight is 238 g/mol. The number of rotatable bonds is 2. The van der Waals surface area contributed by atoms with Gasteiger partial charge in [0.15, 0.2) is 0 Å². The topological polar surface area (TPSA) is 32.3 Å². The summed E-state index contributed by atoms with van der Waals surface area (Å²) in [5, 5.41) is 3.39. The fourth-order valence-corrected chi connectivity index (χ4v) is 3.11. The van der Waals surface area contributed by atoms with Crippen molar-refractivity contribution in [3.8, 4) is 0 Å². The summed E-state index contributed by atoms with van der Waals surface area (Å²) in [6.07, 6.45) is 5.62. The Bertz CT molecular complexity index is 269. The molecular weight excluding hydrogens is 212 g/mol. The SMILES string of the molecule is CC1(C)CCCN(C(=O)CC2CCCNC2)C1. The predicted molar refractivity (Wildman–Crippen MR) is 69.8 cm³/mol. The van der Waals surface area contributed by atoms with Gasteiger partial charge in [-0.05, 0) is 50.1 Å². The standard InChI is InChI=1S/C14H26N2O/c1-14(2)6-4-8-16(11-14)13(17)9-12-5-3-7-15-10-12/h12,15H,3-11H2,1-2H3. The zero-order valence-electron chi connectivity index (χ0n) is 11.3. The van der Waals surface area contributed by atoms with Crippen molar-refractivity contribution in [2.75, 3.05) is 26.2 Å². The third kappa shape index (κ3) is 3.70. The van der Waals surface area contributed by atoms with Crippen molar-refractivity contribution >= 4 is 5.91 Å². The second-order valence-corrected chi connectivity index (χ2v) is 6.50. The van der Waals surface area contributed by atoms with Gasteiger partial charge < -0.3 is 10.2 Å². The van der Waals surface area contributed by atoms with Crippen LogP contribution in [-0.4, -0.2) is 37.0 Å². The van der Waals surface area contributed by atoms with Crippen LogP contribution in [0.3, 0.4) is 0 Å². The van der Waals surface area contributed by atoms with Crippen LogP contribution in [0.15, 0.2) is 0 Å². The van der Waals surface area contributed by atoms with Crippen LogP contribution >= 0.6 is 0 Å². The van der Waals surface area contributed by atoms with E-state index in [-0.39, 0.29) is 0 Å². The van der Waals surface area contributed by atoms with Crippen LogP contribution in [0.5, 0.6) is 0 Å². The third-order valence-electron chi connectivity index (χ3n) is 4.12. The minimum atomic E-state index is 0.318. The van der Waals surface area contributed by atoms with E-state index in [1.165, 1.54) is 25.7 Å². The number of carbonyl (C=O) groups excluding carboxylic acids is 1. The number of amides is 1. The van der Waals surface area contributed by atoms with E-state index in [1.807, 2.05) is 0 Å². The first kappa shape index (κ1) is 12.9. The maximum Gasteiger partial charge on any atom is 0.222 e. The van der Waals surface area contributed by atoms with Crippen LogP contribution in [0.4, 0.5) is 0 Å². The molecule has 2 saturated heterocycles. The van der Waals surface area contributed by atoms with E-state index in [9.17, 15) is 4.79 Å². The van der Waals surface area contributed by atoms with Gasteiger partial charge in [-0.1, -0.05) is 13.8 Å². The molecule has 0 aromatic rings. The molecule has 3 heteroatoms. The molecule has 1 amide bonds. The molecule has 17 heavy (non-hydrogen) atoms. The van der Waals surface area contributed by atoms with Crippen LogP contribution in [0.1, 0.15) is 46.0 Å². The van der Waals surface area contributed by atoms with Crippen LogP contribution in [0.25, 0.3) is 0 Å². The Hall–Kier alpha value is -0.570. The van der Waals surface area contributed by atoms with Gasteiger partial charge >= 0.3 is 0 Å². The van der Waals surface area contributed by atoms with Crippen molar-refractivity contribution in [1.82, 2.24) is 10.2 Å². The minimum Gasteiger partial charge on any atom is -0.342 e. The van der Waals surface area contributed by atoms with Gasteiger partial charge in [0, 0.05) is 19.5 Å². The highest BCUT2D eigenvalue weighted by atomic mass is 16.2. The van der Waals surface area contributed by atoms with E-state index in [0.717, 1.165) is 32.6 Å². The van der Waals surface area contributed by atoms with Gasteiger partial charge in [-0.2, -0.15) is 0 Å². The van der Waals surface area contributed by atoms with Gasteiger partial charge in [-0.25, -0.2) is 0 Å². The second kappa shape index (κ2) is 5.38. The zero-order valence-corrected chi connectivity index (χ0v) is 11.3. The van der Waals surface area contributed by atoms with Gasteiger partial charge in [0.1, 0.15) is 0 Å². The van der Waals surface area contributed by atoms with Gasteiger partial charge in [0.2, 0.25) is 5.91 Å². The van der Waals surface area contributed by atoms with Crippen molar-refractivity contribution in [2.45, 2.75) is 46.0 Å². The van der Waals surface area contributed by atoms with Crippen molar-refractivity contribution in [2.24, 2.45) is 11.3 Å². The van der Waals surface area contributed by atoms with E-state index >= 15 is 0 Å². The minimum absolute atomic E-state index is 0.318. The summed E-state index contributed by atoms with van der Waals surface area (Å²) in [6, 6.07) is 0. The molecule has 1 atom stereocenters. The number of piperidine rings is 2. The molecule has 2 fully saturated rings. The van der Waals surface area contributed by atoms with Crippen molar-refractivity contribution < 1.29 is 4.79 Å². The molecule has 0 radical (unpaired) electrons. The van der Waals surface area contributed by atoms with E-state index in [2.05, 4.69) is 24.1 Å². The molecule has 2 aliphatic rings. The number of carbonyl (C=O) groups is 1. The highest BCUT2D eigenvalue weighted by Gasteiger charge is 2.30. The van der Waals surface area contributed by atoms with Gasteiger partial charge in [0.25, 0.3) is 0 Å². The maximum absolute atomic E-state index is 12.3. The largest absolute Gasteiger partial charge is 0.342 e. The molecule has 0 spiro atoms. The summed E-state index contributed by atoms with van der Waals surface area (Å²) < 4.78 is 0. The lowest BCUT2D eigenvalue weighted by Gasteiger charge is -2.38. The van der Waals surface area contributed by atoms with Gasteiger partial charge in [0.05, 0.1) is 0 Å². The fourth-order valence-electron chi connectivity index (χ4n) is 3.11. The fraction of sp³-hybridized carbons (Fsp3) is 0.929. The Kier molecular flexibility index (Phi) is 4.08. The number of hydrogen-bond donors (Lipinski definition) is 1. The lowest BCUT2D eigenvalue weighted by molar-refractivity contribution is -0.135. The molecule has 3 nitrogen and oxygen atoms in total. The smallest absolute Gasteiger partial charge is 0.222 e. The molecule has 1 unspecified atom stereocenters. The highest BCUT2D eigenvalue weighted by Crippen LogP contribution is 2.29. The number of nitrogens with zero attached hydrogens (tertiary/aromatic N) is 1. The molecule has 0 aromatic carbocycles. The Morgan fingerprint density at radius 2 is 2.24 bits per heavy atom. The zero-order chi connectivity index (χ0) is 12.3. The van der Waals surface area contributed by atoms with Crippen molar-refractivity contribution in [1.29, 1.82) is 0 Å². The molecule has 2 aliphatic heterocycles. The summed E-state index contributed by atoms with van der Waals surface area (Å²) in [7, 11) is 0. The number of hydrogen-bond acceptors (Lipinski definition) is 2. The summed E-state index contributed by atoms with van der Waals surface area (Å²) in [6.45, 7) is 8.63. The van der Waals surface area contributed by atoms with Crippen molar-refractivity contribution in [3.63, 3.8) is 0 Å². The molecule has 1 N–H and O–H groups in total. The molecule has 0 bridgehead atoms. The highest BCUT2D eigenvalue weighted by molar-refractivity contribution is 5.76. The third-order valence-corrected chi connectivity index (χ3v) is 4.12. The first-order valence-electron chi connectivity index (χ1n) is 7.05. The Balaban J connectivity index is 1.82. The molecule has 98 valence electrons. The quantitative estimate of drug-likeness (QED) is 0.798. The van der Waals surface area contributed by atoms with E-state index < -0.39 is 0 Å². The summed E-state index contributed by atoms with van der Waals surface area (Å²) in [5.74, 6) is 0.952. The lowest BCUT2D eigenvalue weighted by Crippen LogP contribution is -2.45. The number of nitrogens with one attached hydrogen (secondary N) is 1. The monoisotopic (exact) mass is 238 g/mol. The van der Waals surface area contributed by atoms with Gasteiger partial charge in [-0.15, -0.1) is 0 Å². The molecule has 0 saturated carbocycles. The Morgan fingerprint density at radius 3 is 2.88 bits per heavy atom. The molecule has 0 aliphatic carbocycles. The lowest BCUT2D eigenvalue weighted by atomic mass is 9.83. The molecule has 2 rings (SSSR count). The molecular formula is C14H26N2O. The van der Waals surface area contributed by atoms with E-state index in [4.69, 9.17) is 0 Å². The predicted octanol–water partition coefficient (Wildman–Crippen LogP) is 2.02. The van der Waals surface area contributed by atoms with Crippen LogP contribution < -0.4 is 5.32 Å². The number of likely N-dealkylation sites (tertiary alicyclic amines) is 1. The van der Waals surface area contributed by atoms with Crippen LogP contribution in [0, 0.1) is 11.3 Å². The van der Waals surface area contributed by atoms with E-state index in [0.29, 0.717) is 17.2 Å². The summed E-state index contributed by atoms with van der Waals surface area (Å²) in [5.41, 5.74) is 0.318. The summed E-state index contributed by atoms with van der Waals surface area (Å²) in [4.78, 5) is 14.3.